The Bertz CT molecular complexity index is 845. The van der Waals surface area contributed by atoms with Crippen LogP contribution in [0.4, 0.5) is 17.6 Å². The second-order valence-electron chi connectivity index (χ2n) is 8.03. The molecule has 0 N–H and O–H groups in total. The fraction of sp³-hybridized carbons (Fsp3) is 0.455. The summed E-state index contributed by atoms with van der Waals surface area (Å²) in [5.74, 6) is 0.0732. The monoisotopic (exact) mass is 414 g/mol. The molecule has 0 aromatic heterocycles. The van der Waals surface area contributed by atoms with Crippen LogP contribution in [0, 0.1) is 11.2 Å². The summed E-state index contributed by atoms with van der Waals surface area (Å²) in [4.78, 5) is 0. The van der Waals surface area contributed by atoms with Crippen molar-refractivity contribution in [2.45, 2.75) is 51.1 Å². The third-order valence-corrected chi connectivity index (χ3v) is 5.84. The smallest absolute Gasteiger partial charge is 0.422 e. The lowest BCUT2D eigenvalue weighted by Crippen LogP contribution is -2.19. The molecular weight excluding hydrogens is 392 g/mol. The number of halogens is 5. The van der Waals surface area contributed by atoms with E-state index in [-0.39, 0.29) is 22.6 Å². The summed E-state index contributed by atoms with van der Waals surface area (Å²) in [5, 5.41) is 0. The van der Waals surface area contributed by atoms with Gasteiger partial charge in [0.2, 0.25) is 0 Å². The molecule has 0 bridgehead atoms. The molecule has 1 nitrogen and oxygen atoms in total. The van der Waals surface area contributed by atoms with Crippen molar-refractivity contribution in [3.05, 3.63) is 53.3 Å². The van der Waals surface area contributed by atoms with Crippen LogP contribution < -0.4 is 4.74 Å². The van der Waals surface area contributed by atoms with E-state index in [1.807, 2.05) is 18.2 Å². The van der Waals surface area contributed by atoms with E-state index in [0.717, 1.165) is 36.5 Å². The molecule has 1 fully saturated rings. The molecule has 1 aliphatic carbocycles. The summed E-state index contributed by atoms with van der Waals surface area (Å²) in [6.45, 7) is 2.98. The molecule has 3 rings (SSSR count). The largest absolute Gasteiger partial charge is 0.484 e. The zero-order valence-electron chi connectivity index (χ0n) is 15.9. The highest BCUT2D eigenvalue weighted by atomic mass is 35.5. The lowest BCUT2D eigenvalue weighted by atomic mass is 9.75. The Morgan fingerprint density at radius 2 is 1.86 bits per heavy atom. The molecule has 6 heteroatoms. The van der Waals surface area contributed by atoms with Crippen LogP contribution in [0.25, 0.3) is 11.1 Å². The van der Waals surface area contributed by atoms with Gasteiger partial charge in [0.25, 0.3) is 0 Å². The maximum Gasteiger partial charge on any atom is 0.422 e. The number of benzene rings is 2. The highest BCUT2D eigenvalue weighted by molar-refractivity contribution is 6.17. The first kappa shape index (κ1) is 21.0. The van der Waals surface area contributed by atoms with E-state index >= 15 is 0 Å². The first-order chi connectivity index (χ1) is 13.1. The Kier molecular flexibility index (Phi) is 5.95. The lowest BCUT2D eigenvalue weighted by molar-refractivity contribution is -0.153. The minimum Gasteiger partial charge on any atom is -0.484 e. The molecule has 2 aromatic carbocycles. The van der Waals surface area contributed by atoms with Crippen molar-refractivity contribution in [3.63, 3.8) is 0 Å². The standard InChI is InChI=1S/C22H23ClF4O/c1-21(2)9-3-4-19(21)17-10-14(12-23)5-7-16(17)18-11-15(6-8-20(18)24)28-13-22(25,26)27/h5-8,10-11,19H,3-4,9,12-13H2,1-2H3/t19-/m1/s1. The van der Waals surface area contributed by atoms with E-state index in [1.165, 1.54) is 12.1 Å². The maximum absolute atomic E-state index is 14.7. The fourth-order valence-corrected chi connectivity index (χ4v) is 4.26. The Morgan fingerprint density at radius 1 is 1.11 bits per heavy atom. The molecule has 0 unspecified atom stereocenters. The first-order valence-corrected chi connectivity index (χ1v) is 9.82. The van der Waals surface area contributed by atoms with E-state index in [1.54, 1.807) is 0 Å². The van der Waals surface area contributed by atoms with Crippen molar-refractivity contribution in [1.82, 2.24) is 0 Å². The molecule has 0 amide bonds. The van der Waals surface area contributed by atoms with E-state index in [4.69, 9.17) is 16.3 Å². The molecule has 1 atom stereocenters. The average Bonchev–Trinajstić information content (AvgIpc) is 2.99. The SMILES string of the molecule is CC1(C)CCC[C@@H]1c1cc(CCl)ccc1-c1cc(OCC(F)(F)F)ccc1F. The van der Waals surface area contributed by atoms with Gasteiger partial charge in [0, 0.05) is 11.4 Å². The number of hydrogen-bond acceptors (Lipinski definition) is 1. The molecular formula is C22H23ClF4O. The maximum atomic E-state index is 14.7. The van der Waals surface area contributed by atoms with Crippen LogP contribution in [0.3, 0.4) is 0 Å². The Labute approximate surface area is 167 Å². The second-order valence-corrected chi connectivity index (χ2v) is 8.30. The van der Waals surface area contributed by atoms with Crippen LogP contribution in [0.1, 0.15) is 50.2 Å². The summed E-state index contributed by atoms with van der Waals surface area (Å²) in [6.07, 6.45) is -1.31. The van der Waals surface area contributed by atoms with E-state index in [0.29, 0.717) is 11.4 Å². The molecule has 1 saturated carbocycles. The Morgan fingerprint density at radius 3 is 2.46 bits per heavy atom. The minimum absolute atomic E-state index is 0.00761. The molecule has 2 aromatic rings. The van der Waals surface area contributed by atoms with Crippen molar-refractivity contribution < 1.29 is 22.3 Å². The van der Waals surface area contributed by atoms with Gasteiger partial charge in [-0.15, -0.1) is 11.6 Å². The summed E-state index contributed by atoms with van der Waals surface area (Å²) in [5.41, 5.74) is 2.92. The van der Waals surface area contributed by atoms with Gasteiger partial charge < -0.3 is 4.74 Å². The van der Waals surface area contributed by atoms with Crippen molar-refractivity contribution in [2.24, 2.45) is 5.41 Å². The lowest BCUT2D eigenvalue weighted by Gasteiger charge is -2.30. The molecule has 0 heterocycles. The summed E-state index contributed by atoms with van der Waals surface area (Å²) >= 11 is 6.01. The van der Waals surface area contributed by atoms with Crippen LogP contribution in [0.2, 0.25) is 0 Å². The molecule has 28 heavy (non-hydrogen) atoms. The van der Waals surface area contributed by atoms with E-state index in [2.05, 4.69) is 13.8 Å². The van der Waals surface area contributed by atoms with Crippen LogP contribution in [-0.2, 0) is 5.88 Å². The van der Waals surface area contributed by atoms with Crippen LogP contribution >= 0.6 is 11.6 Å². The third kappa shape index (κ3) is 4.62. The minimum atomic E-state index is -4.45. The van der Waals surface area contributed by atoms with Gasteiger partial charge in [-0.2, -0.15) is 13.2 Å². The molecule has 152 valence electrons. The molecule has 0 spiro atoms. The van der Waals surface area contributed by atoms with Gasteiger partial charge in [-0.25, -0.2) is 4.39 Å². The number of alkyl halides is 4. The highest BCUT2D eigenvalue weighted by Gasteiger charge is 2.37. The topological polar surface area (TPSA) is 9.23 Å². The van der Waals surface area contributed by atoms with Gasteiger partial charge in [-0.05, 0) is 59.1 Å². The fourth-order valence-electron chi connectivity index (χ4n) is 4.10. The van der Waals surface area contributed by atoms with Crippen molar-refractivity contribution in [1.29, 1.82) is 0 Å². The quantitative estimate of drug-likeness (QED) is 0.364. The second kappa shape index (κ2) is 7.94. The van der Waals surface area contributed by atoms with Gasteiger partial charge in [0.05, 0.1) is 0 Å². The molecule has 0 saturated heterocycles. The van der Waals surface area contributed by atoms with Gasteiger partial charge in [0.15, 0.2) is 6.61 Å². The zero-order valence-corrected chi connectivity index (χ0v) is 16.6. The van der Waals surface area contributed by atoms with Gasteiger partial charge in [-0.3, -0.25) is 0 Å². The third-order valence-electron chi connectivity index (χ3n) is 5.53. The van der Waals surface area contributed by atoms with Gasteiger partial charge >= 0.3 is 6.18 Å². The van der Waals surface area contributed by atoms with Crippen LogP contribution in [0.15, 0.2) is 36.4 Å². The molecule has 0 radical (unpaired) electrons. The Balaban J connectivity index is 2.05. The molecule has 1 aliphatic rings. The number of hydrogen-bond donors (Lipinski definition) is 0. The number of ether oxygens (including phenoxy) is 1. The average molecular weight is 415 g/mol. The van der Waals surface area contributed by atoms with Crippen molar-refractivity contribution in [2.75, 3.05) is 6.61 Å². The zero-order chi connectivity index (χ0) is 20.5. The molecule has 0 aliphatic heterocycles. The van der Waals surface area contributed by atoms with Crippen molar-refractivity contribution in [3.8, 4) is 16.9 Å². The summed E-state index contributed by atoms with van der Waals surface area (Å²) < 4.78 is 56.9. The summed E-state index contributed by atoms with van der Waals surface area (Å²) in [7, 11) is 0. The van der Waals surface area contributed by atoms with E-state index < -0.39 is 18.6 Å². The van der Waals surface area contributed by atoms with E-state index in [9.17, 15) is 17.6 Å². The first-order valence-electron chi connectivity index (χ1n) is 9.29. The normalized spacial score (nSPS) is 19.0. The van der Waals surface area contributed by atoms with Crippen LogP contribution in [-0.4, -0.2) is 12.8 Å². The van der Waals surface area contributed by atoms with Gasteiger partial charge in [-0.1, -0.05) is 38.5 Å². The summed E-state index contributed by atoms with van der Waals surface area (Å²) in [6, 6.07) is 9.37. The van der Waals surface area contributed by atoms with Crippen molar-refractivity contribution >= 4 is 11.6 Å². The Hall–Kier alpha value is -1.75. The predicted molar refractivity (Wildman–Crippen MR) is 103 cm³/mol. The number of rotatable bonds is 5. The predicted octanol–water partition coefficient (Wildman–Crippen LogP) is 7.47. The highest BCUT2D eigenvalue weighted by Crippen LogP contribution is 2.51. The van der Waals surface area contributed by atoms with Gasteiger partial charge in [0.1, 0.15) is 11.6 Å². The van der Waals surface area contributed by atoms with Crippen LogP contribution in [0.5, 0.6) is 5.75 Å².